The van der Waals surface area contributed by atoms with Gasteiger partial charge in [-0.3, -0.25) is 4.68 Å². The van der Waals surface area contributed by atoms with E-state index in [9.17, 15) is 13.6 Å². The Hall–Kier alpha value is -1.46. The van der Waals surface area contributed by atoms with Gasteiger partial charge >= 0.3 is 11.9 Å². The standard InChI is InChI=1S/C11H16F2N2O2/c1-10(2,3)8-5-7(15(4)14-8)6-11(12,13)9(16)17/h5H,6H2,1-4H3,(H,16,17). The van der Waals surface area contributed by atoms with Gasteiger partial charge in [0.05, 0.1) is 12.1 Å². The van der Waals surface area contributed by atoms with E-state index in [-0.39, 0.29) is 11.1 Å². The van der Waals surface area contributed by atoms with Crippen LogP contribution < -0.4 is 0 Å². The number of aliphatic carboxylic acids is 1. The Bertz CT molecular complexity index is 433. The summed E-state index contributed by atoms with van der Waals surface area (Å²) in [5.74, 6) is -5.88. The van der Waals surface area contributed by atoms with E-state index in [2.05, 4.69) is 5.10 Å². The molecule has 1 rings (SSSR count). The Morgan fingerprint density at radius 1 is 1.47 bits per heavy atom. The normalized spacial score (nSPS) is 12.8. The summed E-state index contributed by atoms with van der Waals surface area (Å²) in [4.78, 5) is 10.4. The van der Waals surface area contributed by atoms with Crippen LogP contribution in [0, 0.1) is 0 Å². The molecule has 0 aromatic carbocycles. The Morgan fingerprint density at radius 2 is 2.00 bits per heavy atom. The maximum atomic E-state index is 13.1. The maximum Gasteiger partial charge on any atom is 0.374 e. The molecule has 0 bridgehead atoms. The van der Waals surface area contributed by atoms with Crippen LogP contribution in [0.15, 0.2) is 6.07 Å². The molecule has 1 N–H and O–H groups in total. The van der Waals surface area contributed by atoms with Crippen molar-refractivity contribution in [1.29, 1.82) is 0 Å². The molecule has 6 heteroatoms. The summed E-state index contributed by atoms with van der Waals surface area (Å²) in [6, 6.07) is 1.52. The number of carboxylic acids is 1. The molecule has 0 fully saturated rings. The highest BCUT2D eigenvalue weighted by Gasteiger charge is 2.40. The molecule has 0 saturated carbocycles. The third kappa shape index (κ3) is 3.01. The quantitative estimate of drug-likeness (QED) is 0.887. The average molecular weight is 246 g/mol. The average Bonchev–Trinajstić information content (AvgIpc) is 2.46. The first-order chi connectivity index (χ1) is 7.54. The molecule has 0 unspecified atom stereocenters. The predicted octanol–water partition coefficient (Wildman–Crippen LogP) is 1.98. The van der Waals surface area contributed by atoms with E-state index < -0.39 is 18.3 Å². The Morgan fingerprint density at radius 3 is 2.35 bits per heavy atom. The van der Waals surface area contributed by atoms with Gasteiger partial charge in [0.15, 0.2) is 0 Å². The molecular formula is C11H16F2N2O2. The van der Waals surface area contributed by atoms with Crippen LogP contribution in [0.25, 0.3) is 0 Å². The van der Waals surface area contributed by atoms with E-state index in [1.54, 1.807) is 0 Å². The van der Waals surface area contributed by atoms with Crippen molar-refractivity contribution in [2.45, 2.75) is 38.5 Å². The van der Waals surface area contributed by atoms with Gasteiger partial charge in [0, 0.05) is 18.2 Å². The van der Waals surface area contributed by atoms with Crippen LogP contribution in [0.1, 0.15) is 32.2 Å². The van der Waals surface area contributed by atoms with E-state index in [4.69, 9.17) is 5.11 Å². The minimum atomic E-state index is -3.76. The van der Waals surface area contributed by atoms with Crippen molar-refractivity contribution in [3.05, 3.63) is 17.5 Å². The first kappa shape index (κ1) is 13.6. The second-order valence-electron chi connectivity index (χ2n) is 5.08. The van der Waals surface area contributed by atoms with Crippen LogP contribution in [-0.2, 0) is 23.7 Å². The van der Waals surface area contributed by atoms with Crippen LogP contribution >= 0.6 is 0 Å². The lowest BCUT2D eigenvalue weighted by atomic mass is 9.92. The second kappa shape index (κ2) is 4.09. The number of carbonyl (C=O) groups is 1. The molecule has 0 saturated heterocycles. The smallest absolute Gasteiger partial charge is 0.374 e. The molecule has 96 valence electrons. The van der Waals surface area contributed by atoms with E-state index in [0.29, 0.717) is 5.69 Å². The van der Waals surface area contributed by atoms with E-state index in [0.717, 1.165) is 0 Å². The first-order valence-corrected chi connectivity index (χ1v) is 5.18. The molecule has 1 aromatic rings. The summed E-state index contributed by atoms with van der Waals surface area (Å²) in [6.07, 6.45) is -0.845. The molecule has 1 heterocycles. The SMILES string of the molecule is Cn1nc(C(C)(C)C)cc1CC(F)(F)C(=O)O. The van der Waals surface area contributed by atoms with Gasteiger partial charge < -0.3 is 5.11 Å². The molecular weight excluding hydrogens is 230 g/mol. The summed E-state index contributed by atoms with van der Waals surface area (Å²) < 4.78 is 27.5. The van der Waals surface area contributed by atoms with Gasteiger partial charge in [-0.2, -0.15) is 13.9 Å². The first-order valence-electron chi connectivity index (χ1n) is 5.18. The third-order valence-corrected chi connectivity index (χ3v) is 2.46. The Balaban J connectivity index is 3.02. The van der Waals surface area contributed by atoms with Crippen LogP contribution in [0.5, 0.6) is 0 Å². The molecule has 0 aliphatic heterocycles. The molecule has 1 aromatic heterocycles. The zero-order valence-electron chi connectivity index (χ0n) is 10.3. The summed E-state index contributed by atoms with van der Waals surface area (Å²) in [7, 11) is 1.53. The van der Waals surface area contributed by atoms with Gasteiger partial charge in [-0.15, -0.1) is 0 Å². The fraction of sp³-hybridized carbons (Fsp3) is 0.636. The Kier molecular flexibility index (Phi) is 3.27. The molecule has 4 nitrogen and oxygen atoms in total. The lowest BCUT2D eigenvalue weighted by molar-refractivity contribution is -0.164. The zero-order chi connectivity index (χ0) is 13.4. The molecule has 0 aliphatic carbocycles. The van der Waals surface area contributed by atoms with Gasteiger partial charge in [-0.05, 0) is 6.07 Å². The number of hydrogen-bond donors (Lipinski definition) is 1. The van der Waals surface area contributed by atoms with Crippen molar-refractivity contribution in [1.82, 2.24) is 9.78 Å². The van der Waals surface area contributed by atoms with E-state index in [1.807, 2.05) is 20.8 Å². The van der Waals surface area contributed by atoms with Crippen molar-refractivity contribution in [3.63, 3.8) is 0 Å². The van der Waals surface area contributed by atoms with Crippen LogP contribution in [0.3, 0.4) is 0 Å². The molecule has 0 atom stereocenters. The fourth-order valence-corrected chi connectivity index (χ4v) is 1.34. The van der Waals surface area contributed by atoms with Crippen molar-refractivity contribution in [3.8, 4) is 0 Å². The van der Waals surface area contributed by atoms with Gasteiger partial charge in [0.25, 0.3) is 0 Å². The molecule has 0 amide bonds. The highest BCUT2D eigenvalue weighted by molar-refractivity contribution is 5.75. The van der Waals surface area contributed by atoms with Crippen molar-refractivity contribution < 1.29 is 18.7 Å². The number of halogens is 2. The number of rotatable bonds is 3. The van der Waals surface area contributed by atoms with Crippen LogP contribution in [0.2, 0.25) is 0 Å². The number of aromatic nitrogens is 2. The van der Waals surface area contributed by atoms with Crippen molar-refractivity contribution >= 4 is 5.97 Å². The summed E-state index contributed by atoms with van der Waals surface area (Å²) >= 11 is 0. The summed E-state index contributed by atoms with van der Waals surface area (Å²) in [6.45, 7) is 5.73. The highest BCUT2D eigenvalue weighted by atomic mass is 19.3. The van der Waals surface area contributed by atoms with Gasteiger partial charge in [0.2, 0.25) is 0 Å². The number of nitrogens with zero attached hydrogens (tertiary/aromatic N) is 2. The van der Waals surface area contributed by atoms with E-state index >= 15 is 0 Å². The van der Waals surface area contributed by atoms with Gasteiger partial charge in [0.1, 0.15) is 0 Å². The molecule has 0 spiro atoms. The summed E-state index contributed by atoms with van der Waals surface area (Å²) in [5, 5.41) is 12.5. The molecule has 0 aliphatic rings. The number of alkyl halides is 2. The third-order valence-electron chi connectivity index (χ3n) is 2.46. The van der Waals surface area contributed by atoms with Gasteiger partial charge in [-0.1, -0.05) is 20.8 Å². The second-order valence-corrected chi connectivity index (χ2v) is 5.08. The Labute approximate surface area is 98.2 Å². The largest absolute Gasteiger partial charge is 0.477 e. The highest BCUT2D eigenvalue weighted by Crippen LogP contribution is 2.25. The number of carboxylic acid groups (broad SMARTS) is 1. The predicted molar refractivity (Wildman–Crippen MR) is 58.2 cm³/mol. The zero-order valence-corrected chi connectivity index (χ0v) is 10.3. The lowest BCUT2D eigenvalue weighted by Gasteiger charge is -2.13. The number of aryl methyl sites for hydroxylation is 1. The molecule has 0 radical (unpaired) electrons. The van der Waals surface area contributed by atoms with Crippen molar-refractivity contribution in [2.24, 2.45) is 7.05 Å². The fourth-order valence-electron chi connectivity index (χ4n) is 1.34. The topological polar surface area (TPSA) is 55.1 Å². The lowest BCUT2D eigenvalue weighted by Crippen LogP contribution is -2.31. The number of hydrogen-bond acceptors (Lipinski definition) is 2. The van der Waals surface area contributed by atoms with E-state index in [1.165, 1.54) is 17.8 Å². The monoisotopic (exact) mass is 246 g/mol. The maximum absolute atomic E-state index is 13.1. The minimum Gasteiger partial charge on any atom is -0.477 e. The minimum absolute atomic E-state index is 0.210. The molecule has 17 heavy (non-hydrogen) atoms. The van der Waals surface area contributed by atoms with Crippen molar-refractivity contribution in [2.75, 3.05) is 0 Å². The summed E-state index contributed by atoms with van der Waals surface area (Å²) in [5.41, 5.74) is 0.618. The van der Waals surface area contributed by atoms with Crippen LogP contribution in [-0.4, -0.2) is 26.8 Å². The van der Waals surface area contributed by atoms with Crippen LogP contribution in [0.4, 0.5) is 8.78 Å². The van der Waals surface area contributed by atoms with Gasteiger partial charge in [-0.25, -0.2) is 4.79 Å².